The first-order valence-electron chi connectivity index (χ1n) is 8.83. The van der Waals surface area contributed by atoms with Crippen molar-refractivity contribution < 1.29 is 14.7 Å². The molecule has 0 rings (SSSR count). The number of Topliss-reactive ketones (excluding diaryl/α,β-unsaturated/α-hetero) is 1. The van der Waals surface area contributed by atoms with Gasteiger partial charge in [0, 0.05) is 12.0 Å². The van der Waals surface area contributed by atoms with E-state index < -0.39 is 12.4 Å². The quantitative estimate of drug-likeness (QED) is 0.257. The Morgan fingerprint density at radius 2 is 1.67 bits per heavy atom. The van der Waals surface area contributed by atoms with E-state index in [0.29, 0.717) is 19.4 Å². The summed E-state index contributed by atoms with van der Waals surface area (Å²) in [7, 11) is 0. The number of aliphatic hydroxyl groups is 1. The summed E-state index contributed by atoms with van der Waals surface area (Å²) in [5, 5.41) is 17.8. The van der Waals surface area contributed by atoms with Crippen LogP contribution in [0.1, 0.15) is 54.4 Å². The molecule has 0 aliphatic carbocycles. The van der Waals surface area contributed by atoms with Crippen molar-refractivity contribution in [3.05, 3.63) is 0 Å². The van der Waals surface area contributed by atoms with Gasteiger partial charge in [-0.3, -0.25) is 20.6 Å². The van der Waals surface area contributed by atoms with E-state index in [1.807, 2.05) is 41.5 Å². The second kappa shape index (κ2) is 11.5. The molecule has 0 aromatic rings. The summed E-state index contributed by atoms with van der Waals surface area (Å²) in [6, 6.07) is -0.682. The van der Waals surface area contributed by atoms with E-state index in [4.69, 9.17) is 10.8 Å². The maximum absolute atomic E-state index is 12.6. The Bertz CT molecular complexity index is 384. The van der Waals surface area contributed by atoms with Gasteiger partial charge in [0.2, 0.25) is 5.91 Å². The molecule has 0 aliphatic rings. The van der Waals surface area contributed by atoms with Crippen molar-refractivity contribution in [2.24, 2.45) is 17.6 Å². The Morgan fingerprint density at radius 3 is 2.08 bits per heavy atom. The average Bonchev–Trinajstić information content (AvgIpc) is 2.45. The van der Waals surface area contributed by atoms with Crippen LogP contribution >= 0.6 is 0 Å². The highest BCUT2D eigenvalue weighted by Gasteiger charge is 2.28. The third-order valence-electron chi connectivity index (χ3n) is 3.71. The number of nitrogens with one attached hydrogen (secondary N) is 3. The molecule has 142 valence electrons. The van der Waals surface area contributed by atoms with E-state index in [2.05, 4.69) is 16.0 Å². The summed E-state index contributed by atoms with van der Waals surface area (Å²) in [5.41, 5.74) is 5.22. The van der Waals surface area contributed by atoms with E-state index in [1.54, 1.807) is 0 Å². The van der Waals surface area contributed by atoms with Crippen molar-refractivity contribution in [3.63, 3.8) is 0 Å². The largest absolute Gasteiger partial charge is 0.366 e. The first-order chi connectivity index (χ1) is 11.1. The van der Waals surface area contributed by atoms with Crippen LogP contribution in [-0.2, 0) is 9.59 Å². The Hall–Kier alpha value is -1.02. The van der Waals surface area contributed by atoms with Gasteiger partial charge in [-0.2, -0.15) is 0 Å². The molecule has 0 heterocycles. The zero-order valence-corrected chi connectivity index (χ0v) is 15.9. The lowest BCUT2D eigenvalue weighted by Crippen LogP contribution is -2.54. The highest BCUT2D eigenvalue weighted by atomic mass is 16.3. The molecule has 0 aromatic carbocycles. The van der Waals surface area contributed by atoms with Gasteiger partial charge >= 0.3 is 0 Å². The van der Waals surface area contributed by atoms with Gasteiger partial charge in [-0.1, -0.05) is 41.5 Å². The Kier molecular flexibility index (Phi) is 11.0. The third-order valence-corrected chi connectivity index (χ3v) is 3.71. The highest BCUT2D eigenvalue weighted by Crippen LogP contribution is 2.09. The van der Waals surface area contributed by atoms with Gasteiger partial charge in [0.1, 0.15) is 0 Å². The summed E-state index contributed by atoms with van der Waals surface area (Å²) >= 11 is 0. The van der Waals surface area contributed by atoms with Gasteiger partial charge in [-0.25, -0.2) is 0 Å². The number of carbonyl (C=O) groups is 2. The maximum atomic E-state index is 12.6. The van der Waals surface area contributed by atoms with E-state index >= 15 is 0 Å². The molecule has 1 amide bonds. The number of hydrogen-bond acceptors (Lipinski definition) is 6. The molecule has 0 saturated heterocycles. The lowest BCUT2D eigenvalue weighted by Gasteiger charge is -2.27. The standard InChI is InChI=1S/C17H36N4O3/c1-10(2)14(20-12(5)6)16(23)21-13(15(22)11(3)4)8-7-9-19-17(18)24/h10-14,17,19-20,24H,7-9,18H2,1-6H3,(H,21,23)/t13-,14-,17?/m1/s1. The number of aliphatic hydroxyl groups excluding tert-OH is 1. The summed E-state index contributed by atoms with van der Waals surface area (Å²) in [6.07, 6.45) is 0.0655. The van der Waals surface area contributed by atoms with E-state index in [9.17, 15) is 9.59 Å². The smallest absolute Gasteiger partial charge is 0.237 e. The second-order valence-electron chi connectivity index (χ2n) is 7.20. The molecule has 7 nitrogen and oxygen atoms in total. The van der Waals surface area contributed by atoms with Crippen LogP contribution in [0.5, 0.6) is 0 Å². The van der Waals surface area contributed by atoms with Gasteiger partial charge in [-0.15, -0.1) is 0 Å². The van der Waals surface area contributed by atoms with Gasteiger partial charge < -0.3 is 15.7 Å². The van der Waals surface area contributed by atoms with Crippen molar-refractivity contribution in [2.75, 3.05) is 6.54 Å². The maximum Gasteiger partial charge on any atom is 0.237 e. The Morgan fingerprint density at radius 1 is 1.08 bits per heavy atom. The number of amides is 1. The van der Waals surface area contributed by atoms with Crippen LogP contribution < -0.4 is 21.7 Å². The fraction of sp³-hybridized carbons (Fsp3) is 0.882. The lowest BCUT2D eigenvalue weighted by molar-refractivity contribution is -0.131. The van der Waals surface area contributed by atoms with Crippen LogP contribution in [0, 0.1) is 11.8 Å². The molecule has 0 spiro atoms. The molecular formula is C17H36N4O3. The zero-order chi connectivity index (χ0) is 18.9. The predicted molar refractivity (Wildman–Crippen MR) is 96.1 cm³/mol. The van der Waals surface area contributed by atoms with E-state index in [-0.39, 0.29) is 35.6 Å². The molecule has 0 bridgehead atoms. The summed E-state index contributed by atoms with van der Waals surface area (Å²) in [6.45, 7) is 12.1. The summed E-state index contributed by atoms with van der Waals surface area (Å²) < 4.78 is 0. The first-order valence-corrected chi connectivity index (χ1v) is 8.83. The monoisotopic (exact) mass is 344 g/mol. The minimum Gasteiger partial charge on any atom is -0.366 e. The molecule has 1 unspecified atom stereocenters. The highest BCUT2D eigenvalue weighted by molar-refractivity contribution is 5.91. The number of hydrogen-bond donors (Lipinski definition) is 5. The molecule has 0 radical (unpaired) electrons. The Balaban J connectivity index is 4.83. The minimum atomic E-state index is -1.07. The summed E-state index contributed by atoms with van der Waals surface area (Å²) in [5.74, 6) is -0.164. The molecular weight excluding hydrogens is 308 g/mol. The van der Waals surface area contributed by atoms with Crippen LogP contribution in [0.15, 0.2) is 0 Å². The molecule has 0 aliphatic heterocycles. The van der Waals surface area contributed by atoms with Crippen molar-refractivity contribution >= 4 is 11.7 Å². The molecule has 0 aromatic heterocycles. The average molecular weight is 345 g/mol. The minimum absolute atomic E-state index is 0.0173. The molecule has 6 N–H and O–H groups in total. The lowest BCUT2D eigenvalue weighted by atomic mass is 9.96. The van der Waals surface area contributed by atoms with Crippen molar-refractivity contribution in [3.8, 4) is 0 Å². The zero-order valence-electron chi connectivity index (χ0n) is 15.9. The third kappa shape index (κ3) is 9.32. The van der Waals surface area contributed by atoms with Crippen molar-refractivity contribution in [1.82, 2.24) is 16.0 Å². The van der Waals surface area contributed by atoms with Gasteiger partial charge in [0.15, 0.2) is 12.1 Å². The van der Waals surface area contributed by atoms with E-state index in [0.717, 1.165) is 0 Å². The number of nitrogens with two attached hydrogens (primary N) is 1. The number of carbonyl (C=O) groups excluding carboxylic acids is 2. The predicted octanol–water partition coefficient (Wildman–Crippen LogP) is 0.323. The fourth-order valence-corrected chi connectivity index (χ4v) is 2.44. The van der Waals surface area contributed by atoms with Gasteiger partial charge in [-0.05, 0) is 25.3 Å². The normalized spacial score (nSPS) is 15.6. The molecule has 7 heteroatoms. The second-order valence-corrected chi connectivity index (χ2v) is 7.20. The molecule has 0 saturated carbocycles. The first kappa shape index (κ1) is 23.0. The Labute approximate surface area is 146 Å². The fourth-order valence-electron chi connectivity index (χ4n) is 2.44. The molecule has 0 fully saturated rings. The van der Waals surface area contributed by atoms with Crippen LogP contribution in [0.4, 0.5) is 0 Å². The van der Waals surface area contributed by atoms with E-state index in [1.165, 1.54) is 0 Å². The van der Waals surface area contributed by atoms with Gasteiger partial charge in [0.05, 0.1) is 12.1 Å². The van der Waals surface area contributed by atoms with Gasteiger partial charge in [0.25, 0.3) is 0 Å². The van der Waals surface area contributed by atoms with Crippen molar-refractivity contribution in [1.29, 1.82) is 0 Å². The SMILES string of the molecule is CC(C)N[C@@H](C(=O)N[C@H](CCCNC(N)O)C(=O)C(C)C)C(C)C. The topological polar surface area (TPSA) is 116 Å². The number of ketones is 1. The van der Waals surface area contributed by atoms with Crippen LogP contribution in [0.2, 0.25) is 0 Å². The van der Waals surface area contributed by atoms with Crippen LogP contribution in [0.3, 0.4) is 0 Å². The van der Waals surface area contributed by atoms with Crippen LogP contribution in [0.25, 0.3) is 0 Å². The molecule has 3 atom stereocenters. The molecule has 24 heavy (non-hydrogen) atoms. The summed E-state index contributed by atoms with van der Waals surface area (Å²) in [4.78, 5) is 25.0. The van der Waals surface area contributed by atoms with Crippen LogP contribution in [-0.4, -0.2) is 47.8 Å². The van der Waals surface area contributed by atoms with Crippen molar-refractivity contribution in [2.45, 2.75) is 78.9 Å². The number of rotatable bonds is 12.